The largest absolute Gasteiger partial charge is 0.497 e. The average molecular weight is 346 g/mol. The van der Waals surface area contributed by atoms with E-state index in [2.05, 4.69) is 43.9 Å². The molecule has 3 atom stereocenters. The van der Waals surface area contributed by atoms with Crippen LogP contribution in [-0.2, 0) is 16.6 Å². The Labute approximate surface area is 153 Å². The molecule has 0 N–H and O–H groups in total. The van der Waals surface area contributed by atoms with Gasteiger partial charge in [-0.25, -0.2) is 0 Å². The van der Waals surface area contributed by atoms with Crippen LogP contribution in [0.3, 0.4) is 0 Å². The molecular formula is C22H35NO2. The molecule has 1 aromatic rings. The van der Waals surface area contributed by atoms with Crippen molar-refractivity contribution in [2.45, 2.75) is 70.4 Å². The van der Waals surface area contributed by atoms with Gasteiger partial charge in [-0.1, -0.05) is 19.9 Å². The highest BCUT2D eigenvalue weighted by atomic mass is 16.5. The van der Waals surface area contributed by atoms with E-state index >= 15 is 0 Å². The lowest BCUT2D eigenvalue weighted by Crippen LogP contribution is -2.59. The number of hydrogen-bond acceptors (Lipinski definition) is 3. The first-order valence-electron chi connectivity index (χ1n) is 10.0. The van der Waals surface area contributed by atoms with Gasteiger partial charge in [0.25, 0.3) is 0 Å². The highest BCUT2D eigenvalue weighted by Crippen LogP contribution is 2.46. The molecule has 25 heavy (non-hydrogen) atoms. The van der Waals surface area contributed by atoms with Gasteiger partial charge in [-0.2, -0.15) is 0 Å². The molecule has 0 bridgehead atoms. The van der Waals surface area contributed by atoms with Crippen LogP contribution in [0.1, 0.15) is 57.6 Å². The van der Waals surface area contributed by atoms with E-state index in [1.807, 2.05) is 7.11 Å². The molecule has 0 amide bonds. The predicted molar refractivity (Wildman–Crippen MR) is 104 cm³/mol. The summed E-state index contributed by atoms with van der Waals surface area (Å²) in [5, 5.41) is 0. The zero-order valence-electron chi connectivity index (χ0n) is 16.7. The molecule has 0 spiro atoms. The summed E-state index contributed by atoms with van der Waals surface area (Å²) < 4.78 is 11.7. The van der Waals surface area contributed by atoms with Crippen LogP contribution in [0.2, 0.25) is 0 Å². The van der Waals surface area contributed by atoms with Gasteiger partial charge in [0.2, 0.25) is 0 Å². The zero-order chi connectivity index (χ0) is 18.0. The zero-order valence-corrected chi connectivity index (χ0v) is 16.7. The van der Waals surface area contributed by atoms with Crippen LogP contribution in [0.15, 0.2) is 18.2 Å². The first-order chi connectivity index (χ1) is 12.1. The molecular weight excluding hydrogens is 310 g/mol. The molecule has 1 heterocycles. The van der Waals surface area contributed by atoms with Crippen molar-refractivity contribution >= 4 is 0 Å². The summed E-state index contributed by atoms with van der Waals surface area (Å²) in [6, 6.07) is 7.08. The molecule has 0 radical (unpaired) electrons. The minimum absolute atomic E-state index is 0.0775. The molecule has 1 aromatic carbocycles. The molecule has 1 aliphatic carbocycles. The van der Waals surface area contributed by atoms with Gasteiger partial charge >= 0.3 is 0 Å². The second kappa shape index (κ2) is 7.67. The summed E-state index contributed by atoms with van der Waals surface area (Å²) in [7, 11) is 3.66. The highest BCUT2D eigenvalue weighted by Gasteiger charge is 2.48. The number of nitrogens with zero attached hydrogens (tertiary/aromatic N) is 1. The second-order valence-corrected chi connectivity index (χ2v) is 7.97. The van der Waals surface area contributed by atoms with E-state index in [1.54, 1.807) is 7.11 Å². The topological polar surface area (TPSA) is 21.7 Å². The minimum Gasteiger partial charge on any atom is -0.497 e. The molecule has 2 fully saturated rings. The molecule has 1 saturated carbocycles. The van der Waals surface area contributed by atoms with E-state index in [0.29, 0.717) is 6.04 Å². The van der Waals surface area contributed by atoms with E-state index in [4.69, 9.17) is 9.47 Å². The van der Waals surface area contributed by atoms with E-state index < -0.39 is 0 Å². The van der Waals surface area contributed by atoms with Gasteiger partial charge in [0.05, 0.1) is 13.2 Å². The fraction of sp³-hybridized carbons (Fsp3) is 0.727. The number of benzene rings is 1. The van der Waals surface area contributed by atoms with Crippen LogP contribution in [0.4, 0.5) is 0 Å². The summed E-state index contributed by atoms with van der Waals surface area (Å²) in [6.45, 7) is 9.37. The van der Waals surface area contributed by atoms with Gasteiger partial charge in [-0.05, 0) is 74.8 Å². The van der Waals surface area contributed by atoms with Gasteiger partial charge in [0, 0.05) is 25.1 Å². The lowest BCUT2D eigenvalue weighted by molar-refractivity contribution is -0.0699. The molecule has 140 valence electrons. The summed E-state index contributed by atoms with van der Waals surface area (Å²) in [4.78, 5) is 2.67. The Balaban J connectivity index is 1.98. The summed E-state index contributed by atoms with van der Waals surface area (Å²) in [5.41, 5.74) is 2.96. The van der Waals surface area contributed by atoms with Crippen LogP contribution < -0.4 is 4.74 Å². The van der Waals surface area contributed by atoms with Crippen molar-refractivity contribution in [2.75, 3.05) is 27.3 Å². The van der Waals surface area contributed by atoms with Crippen LogP contribution in [0.5, 0.6) is 5.75 Å². The van der Waals surface area contributed by atoms with Crippen molar-refractivity contribution in [3.8, 4) is 5.75 Å². The number of ether oxygens (including phenoxy) is 2. The van der Waals surface area contributed by atoms with Gasteiger partial charge < -0.3 is 9.47 Å². The average Bonchev–Trinajstić information content (AvgIpc) is 3.46. The fourth-order valence-corrected chi connectivity index (χ4v) is 4.97. The molecule has 1 aliphatic heterocycles. The quantitative estimate of drug-likeness (QED) is 0.730. The highest BCUT2D eigenvalue weighted by molar-refractivity contribution is 5.42. The van der Waals surface area contributed by atoms with Crippen molar-refractivity contribution < 1.29 is 9.47 Å². The van der Waals surface area contributed by atoms with Crippen LogP contribution in [0.25, 0.3) is 0 Å². The van der Waals surface area contributed by atoms with Crippen molar-refractivity contribution in [1.29, 1.82) is 0 Å². The third-order valence-corrected chi connectivity index (χ3v) is 6.71. The summed E-state index contributed by atoms with van der Waals surface area (Å²) in [5.74, 6) is 1.89. The maximum atomic E-state index is 6.19. The lowest BCUT2D eigenvalue weighted by Gasteiger charge is -2.52. The number of hydrogen-bond donors (Lipinski definition) is 0. The normalized spacial score (nSPS) is 30.4. The first-order valence-corrected chi connectivity index (χ1v) is 10.0. The van der Waals surface area contributed by atoms with Gasteiger partial charge in [-0.3, -0.25) is 4.90 Å². The molecule has 3 rings (SSSR count). The number of rotatable bonds is 7. The monoisotopic (exact) mass is 345 g/mol. The Morgan fingerprint density at radius 2 is 1.96 bits per heavy atom. The summed E-state index contributed by atoms with van der Waals surface area (Å²) >= 11 is 0. The van der Waals surface area contributed by atoms with Crippen LogP contribution in [0, 0.1) is 5.92 Å². The minimum atomic E-state index is 0.0775. The molecule has 0 aromatic heterocycles. The lowest BCUT2D eigenvalue weighted by atomic mass is 9.65. The first kappa shape index (κ1) is 18.7. The Kier molecular flexibility index (Phi) is 5.75. The number of aryl methyl sites for hydroxylation is 1. The SMILES string of the molecule is CCc1ccc(OC)cc1C1(CC)CCN(CC2CC2)C(C)C1OC. The van der Waals surface area contributed by atoms with Crippen molar-refractivity contribution in [3.63, 3.8) is 0 Å². The predicted octanol–water partition coefficient (Wildman–Crippen LogP) is 4.42. The maximum absolute atomic E-state index is 6.19. The van der Waals surface area contributed by atoms with Crippen molar-refractivity contribution in [3.05, 3.63) is 29.3 Å². The van der Waals surface area contributed by atoms with Crippen LogP contribution in [-0.4, -0.2) is 44.4 Å². The third-order valence-electron chi connectivity index (χ3n) is 6.71. The summed E-state index contributed by atoms with van der Waals surface area (Å²) in [6.07, 6.45) is 6.37. The standard InChI is InChI=1S/C22H35NO2/c1-6-18-10-11-19(24-4)14-20(18)22(7-2)12-13-23(15-17-8-9-17)16(3)21(22)25-5/h10-11,14,16-17,21H,6-9,12-13,15H2,1-5H3. The maximum Gasteiger partial charge on any atom is 0.119 e. The van der Waals surface area contributed by atoms with Crippen molar-refractivity contribution in [1.82, 2.24) is 4.90 Å². The number of piperidine rings is 1. The Morgan fingerprint density at radius 3 is 2.52 bits per heavy atom. The number of likely N-dealkylation sites (tertiary alicyclic amines) is 1. The third kappa shape index (κ3) is 3.46. The Bertz CT molecular complexity index is 583. The van der Waals surface area contributed by atoms with E-state index in [1.165, 1.54) is 43.5 Å². The number of methoxy groups -OCH3 is 2. The van der Waals surface area contributed by atoms with Crippen molar-refractivity contribution in [2.24, 2.45) is 5.92 Å². The molecule has 1 saturated heterocycles. The Morgan fingerprint density at radius 1 is 1.20 bits per heavy atom. The van der Waals surface area contributed by atoms with E-state index in [9.17, 15) is 0 Å². The smallest absolute Gasteiger partial charge is 0.119 e. The molecule has 3 unspecified atom stereocenters. The molecule has 3 heteroatoms. The van der Waals surface area contributed by atoms with Gasteiger partial charge in [0.1, 0.15) is 5.75 Å². The van der Waals surface area contributed by atoms with E-state index in [-0.39, 0.29) is 11.5 Å². The van der Waals surface area contributed by atoms with Crippen LogP contribution >= 0.6 is 0 Å². The fourth-order valence-electron chi connectivity index (χ4n) is 4.97. The van der Waals surface area contributed by atoms with Gasteiger partial charge in [0.15, 0.2) is 0 Å². The molecule has 2 aliphatic rings. The molecule has 3 nitrogen and oxygen atoms in total. The van der Waals surface area contributed by atoms with E-state index in [0.717, 1.165) is 24.5 Å². The second-order valence-electron chi connectivity index (χ2n) is 7.97. The Hall–Kier alpha value is -1.06. The van der Waals surface area contributed by atoms with Gasteiger partial charge in [-0.15, -0.1) is 0 Å².